The van der Waals surface area contributed by atoms with Crippen LogP contribution in [0.1, 0.15) is 61.5 Å². The lowest BCUT2D eigenvalue weighted by Gasteiger charge is -2.36. The molecule has 2 amide bonds. The van der Waals surface area contributed by atoms with Gasteiger partial charge in [-0.05, 0) is 81.6 Å². The van der Waals surface area contributed by atoms with Crippen molar-refractivity contribution >= 4 is 40.7 Å². The fourth-order valence-corrected chi connectivity index (χ4v) is 6.09. The maximum Gasteiger partial charge on any atom is 0.258 e. The number of likely N-dealkylation sites (N-methyl/N-ethyl adjacent to an activating group) is 1. The van der Waals surface area contributed by atoms with Gasteiger partial charge in [0, 0.05) is 37.8 Å². The van der Waals surface area contributed by atoms with E-state index in [1.54, 1.807) is 29.2 Å². The molecule has 254 valence electrons. The van der Waals surface area contributed by atoms with Crippen LogP contribution in [-0.2, 0) is 22.5 Å². The Morgan fingerprint density at radius 2 is 1.81 bits per heavy atom. The molecule has 1 heterocycles. The second-order valence-corrected chi connectivity index (χ2v) is 13.5. The summed E-state index contributed by atoms with van der Waals surface area (Å²) in [4.78, 5) is 31.1. The molecule has 0 bridgehead atoms. The van der Waals surface area contributed by atoms with E-state index < -0.39 is 6.04 Å². The first-order valence-corrected chi connectivity index (χ1v) is 17.1. The first-order valence-electron chi connectivity index (χ1n) is 16.3. The number of aliphatic hydroxyl groups is 1. The van der Waals surface area contributed by atoms with Crippen molar-refractivity contribution in [1.82, 2.24) is 9.80 Å². The summed E-state index contributed by atoms with van der Waals surface area (Å²) >= 11 is 12.4. The Morgan fingerprint density at radius 1 is 1.04 bits per heavy atom. The molecule has 47 heavy (non-hydrogen) atoms. The van der Waals surface area contributed by atoms with Gasteiger partial charge < -0.3 is 24.8 Å². The molecule has 4 atom stereocenters. The highest BCUT2D eigenvalue weighted by Gasteiger charge is 2.30. The Bertz CT molecular complexity index is 1470. The first-order chi connectivity index (χ1) is 22.5. The van der Waals surface area contributed by atoms with Crippen molar-refractivity contribution in [3.05, 3.63) is 93.5 Å². The van der Waals surface area contributed by atoms with Gasteiger partial charge in [-0.25, -0.2) is 0 Å². The zero-order valence-corrected chi connectivity index (χ0v) is 29.3. The van der Waals surface area contributed by atoms with E-state index in [4.69, 9.17) is 32.7 Å². The monoisotopic (exact) mass is 683 g/mol. The van der Waals surface area contributed by atoms with Crippen LogP contribution >= 0.6 is 23.2 Å². The number of anilines is 1. The van der Waals surface area contributed by atoms with Gasteiger partial charge in [0.05, 0.1) is 46.9 Å². The van der Waals surface area contributed by atoms with Gasteiger partial charge in [0.2, 0.25) is 5.91 Å². The number of ether oxygens (including phenoxy) is 2. The first kappa shape index (κ1) is 36.7. The fourth-order valence-electron chi connectivity index (χ4n) is 5.77. The molecule has 0 saturated carbocycles. The molecule has 3 aromatic carbocycles. The van der Waals surface area contributed by atoms with Crippen molar-refractivity contribution in [2.75, 3.05) is 38.7 Å². The van der Waals surface area contributed by atoms with Crippen molar-refractivity contribution < 1.29 is 24.2 Å². The Kier molecular flexibility index (Phi) is 13.9. The highest BCUT2D eigenvalue weighted by atomic mass is 35.5. The summed E-state index contributed by atoms with van der Waals surface area (Å²) in [5.41, 5.74) is 2.78. The summed E-state index contributed by atoms with van der Waals surface area (Å²) in [6.07, 6.45) is 2.48. The summed E-state index contributed by atoms with van der Waals surface area (Å²) in [7, 11) is 2.03. The fraction of sp³-hybridized carbons (Fsp3) is 0.459. The van der Waals surface area contributed by atoms with E-state index in [1.807, 2.05) is 63.4 Å². The lowest BCUT2D eigenvalue weighted by Crippen LogP contribution is -2.47. The third-order valence-electron chi connectivity index (χ3n) is 8.47. The number of rotatable bonds is 9. The second-order valence-electron chi connectivity index (χ2n) is 12.7. The Hall–Kier alpha value is -3.14. The number of carbonyl (C=O) groups excluding carboxylic acids is 2. The topological polar surface area (TPSA) is 91.3 Å². The van der Waals surface area contributed by atoms with Crippen molar-refractivity contribution in [2.24, 2.45) is 5.92 Å². The summed E-state index contributed by atoms with van der Waals surface area (Å²) in [6, 6.07) is 19.9. The van der Waals surface area contributed by atoms with Crippen molar-refractivity contribution in [3.63, 3.8) is 0 Å². The smallest absolute Gasteiger partial charge is 0.258 e. The molecular weight excluding hydrogens is 637 g/mol. The molecule has 8 nitrogen and oxygen atoms in total. The third kappa shape index (κ3) is 10.9. The van der Waals surface area contributed by atoms with Crippen molar-refractivity contribution in [2.45, 2.75) is 71.2 Å². The number of nitrogens with one attached hydrogen (secondary N) is 1. The molecule has 0 aromatic heterocycles. The number of hydrogen-bond acceptors (Lipinski definition) is 6. The lowest BCUT2D eigenvalue weighted by molar-refractivity contribution is -0.115. The second kappa shape index (κ2) is 17.9. The third-order valence-corrected chi connectivity index (χ3v) is 9.21. The maximum atomic E-state index is 14.4. The van der Waals surface area contributed by atoms with Gasteiger partial charge in [-0.3, -0.25) is 14.5 Å². The number of carbonyl (C=O) groups is 2. The summed E-state index contributed by atoms with van der Waals surface area (Å²) in [5.74, 6) is -0.0699. The van der Waals surface area contributed by atoms with Crippen molar-refractivity contribution in [3.8, 4) is 5.75 Å². The van der Waals surface area contributed by atoms with E-state index in [0.717, 1.165) is 30.4 Å². The van der Waals surface area contributed by atoms with Crippen LogP contribution in [0.4, 0.5) is 5.69 Å². The number of amides is 2. The summed E-state index contributed by atoms with van der Waals surface area (Å²) < 4.78 is 12.8. The van der Waals surface area contributed by atoms with Crippen LogP contribution in [0.5, 0.6) is 5.75 Å². The van der Waals surface area contributed by atoms with E-state index in [-0.39, 0.29) is 43.0 Å². The predicted molar refractivity (Wildman–Crippen MR) is 188 cm³/mol. The summed E-state index contributed by atoms with van der Waals surface area (Å²) in [5, 5.41) is 14.2. The number of hydrogen-bond donors (Lipinski definition) is 2. The minimum atomic E-state index is -0.464. The molecule has 3 aromatic rings. The number of fused-ring (bicyclic) bond motifs is 1. The van der Waals surface area contributed by atoms with Crippen LogP contribution < -0.4 is 10.1 Å². The zero-order chi connectivity index (χ0) is 33.9. The lowest BCUT2D eigenvalue weighted by atomic mass is 10.0. The van der Waals surface area contributed by atoms with Gasteiger partial charge in [0.25, 0.3) is 5.91 Å². The normalized spacial score (nSPS) is 20.2. The number of nitrogens with zero attached hydrogens (tertiary/aromatic N) is 2. The molecule has 2 N–H and O–H groups in total. The molecule has 1 aliphatic rings. The summed E-state index contributed by atoms with van der Waals surface area (Å²) in [6.45, 7) is 7.92. The van der Waals surface area contributed by atoms with Crippen LogP contribution in [0.25, 0.3) is 0 Å². The Morgan fingerprint density at radius 3 is 2.53 bits per heavy atom. The van der Waals surface area contributed by atoms with Gasteiger partial charge in [0.15, 0.2) is 0 Å². The molecular formula is C37H47Cl2N3O5. The Labute approximate surface area is 288 Å². The van der Waals surface area contributed by atoms with E-state index in [2.05, 4.69) is 17.1 Å². The largest absolute Gasteiger partial charge is 0.490 e. The number of aliphatic hydroxyl groups excluding tert-OH is 1. The predicted octanol–water partition coefficient (Wildman–Crippen LogP) is 7.10. The maximum absolute atomic E-state index is 14.4. The van der Waals surface area contributed by atoms with Gasteiger partial charge in [-0.2, -0.15) is 0 Å². The van der Waals surface area contributed by atoms with Crippen LogP contribution in [0.15, 0.2) is 66.7 Å². The molecule has 10 heteroatoms. The van der Waals surface area contributed by atoms with E-state index in [1.165, 1.54) is 0 Å². The van der Waals surface area contributed by atoms with Crippen molar-refractivity contribution in [1.29, 1.82) is 0 Å². The molecule has 0 spiro atoms. The molecule has 0 unspecified atom stereocenters. The van der Waals surface area contributed by atoms with Crippen LogP contribution in [-0.4, -0.2) is 78.3 Å². The van der Waals surface area contributed by atoms with E-state index in [0.29, 0.717) is 53.3 Å². The van der Waals surface area contributed by atoms with E-state index >= 15 is 0 Å². The average molecular weight is 685 g/mol. The number of benzene rings is 3. The van der Waals surface area contributed by atoms with Gasteiger partial charge in [0.1, 0.15) is 5.75 Å². The average Bonchev–Trinajstić information content (AvgIpc) is 3.04. The minimum Gasteiger partial charge on any atom is -0.490 e. The van der Waals surface area contributed by atoms with Gasteiger partial charge >= 0.3 is 0 Å². The molecule has 1 aliphatic heterocycles. The highest BCUT2D eigenvalue weighted by molar-refractivity contribution is 6.42. The van der Waals surface area contributed by atoms with Crippen LogP contribution in [0.3, 0.4) is 0 Å². The standard InChI is InChI=1S/C37H47Cl2N3O5/c1-25-21-42(26(2)24-43)37(45)31-20-30(40-36(44)19-28-11-6-5-7-12-28)14-16-34(31)47-27(3)10-8-9-17-46-35(25)23-41(4)22-29-13-15-32(38)33(39)18-29/h5-7,11-16,18,20,25-27,35,43H,8-10,17,19,21-24H2,1-4H3,(H,40,44)/t25-,26+,27-,35+/m0/s1. The molecule has 0 fully saturated rings. The molecule has 0 saturated heterocycles. The van der Waals surface area contributed by atoms with Gasteiger partial charge in [-0.1, -0.05) is 66.5 Å². The Balaban J connectivity index is 1.58. The van der Waals surface area contributed by atoms with E-state index in [9.17, 15) is 14.7 Å². The van der Waals surface area contributed by atoms with Crippen LogP contribution in [0.2, 0.25) is 10.0 Å². The SMILES string of the molecule is C[C@H](CO)N1C[C@H](C)[C@@H](CN(C)Cc2ccc(Cl)c(Cl)c2)OCCCC[C@H](C)Oc2ccc(NC(=O)Cc3ccccc3)cc2C1=O. The van der Waals surface area contributed by atoms with Gasteiger partial charge in [-0.15, -0.1) is 0 Å². The minimum absolute atomic E-state index is 0.0656. The molecule has 4 rings (SSSR count). The quantitative estimate of drug-likeness (QED) is 0.250. The molecule has 0 radical (unpaired) electrons. The van der Waals surface area contributed by atoms with Crippen LogP contribution in [0, 0.1) is 5.92 Å². The number of halogens is 2. The highest BCUT2D eigenvalue weighted by Crippen LogP contribution is 2.29. The molecule has 0 aliphatic carbocycles. The zero-order valence-electron chi connectivity index (χ0n) is 27.8.